The number of thiazole rings is 1. The maximum atomic E-state index is 14.5. The van der Waals surface area contributed by atoms with E-state index in [1.807, 2.05) is 35.3 Å². The van der Waals surface area contributed by atoms with Gasteiger partial charge in [-0.2, -0.15) is 4.57 Å². The second-order valence-corrected chi connectivity index (χ2v) is 10.5. The average Bonchev–Trinajstić information content (AvgIpc) is 3.41. The van der Waals surface area contributed by atoms with Gasteiger partial charge in [0.1, 0.15) is 0 Å². The minimum atomic E-state index is -0.459. The van der Waals surface area contributed by atoms with Crippen molar-refractivity contribution >= 4 is 22.9 Å². The van der Waals surface area contributed by atoms with Gasteiger partial charge in [0.2, 0.25) is 5.51 Å². The van der Waals surface area contributed by atoms with Crippen LogP contribution < -0.4 is 31.6 Å². The van der Waals surface area contributed by atoms with Gasteiger partial charge in [-0.3, -0.25) is 4.79 Å². The normalized spacial score (nSPS) is 10.7. The first kappa shape index (κ1) is 32.0. The second kappa shape index (κ2) is 18.9. The van der Waals surface area contributed by atoms with Gasteiger partial charge in [0.15, 0.2) is 24.3 Å². The van der Waals surface area contributed by atoms with Crippen LogP contribution in [0.1, 0.15) is 99.9 Å². The molecular weight excluding hydrogens is 563 g/mol. The van der Waals surface area contributed by atoms with Gasteiger partial charge in [0.25, 0.3) is 5.91 Å². The molecule has 208 valence electrons. The number of carbonyl (C=O) groups excluding carboxylic acids is 1. The molecule has 0 radical (unpaired) electrons. The molecule has 38 heavy (non-hydrogen) atoms. The molecule has 3 aromatic rings. The Labute approximate surface area is 242 Å². The number of nitrogens with one attached hydrogen (secondary N) is 1. The topological polar surface area (TPSA) is 42.2 Å². The molecule has 2 aromatic carbocycles. The molecule has 1 aromatic heterocycles. The van der Waals surface area contributed by atoms with Crippen LogP contribution in [0, 0.1) is 5.82 Å². The number of hydrogen-bond donors (Lipinski definition) is 1. The largest absolute Gasteiger partial charge is 1.00 e. The number of unbranched alkanes of at least 4 members (excludes halogenated alkanes) is 11. The van der Waals surface area contributed by atoms with Crippen molar-refractivity contribution in [2.24, 2.45) is 0 Å². The highest BCUT2D eigenvalue weighted by Crippen LogP contribution is 2.28. The van der Waals surface area contributed by atoms with Gasteiger partial charge in [-0.15, -0.1) is 0 Å². The third-order valence-corrected chi connectivity index (χ3v) is 7.21. The van der Waals surface area contributed by atoms with Crippen LogP contribution in [-0.4, -0.2) is 12.5 Å². The first-order valence-electron chi connectivity index (χ1n) is 13.9. The number of ether oxygens (including phenoxy) is 1. The minimum Gasteiger partial charge on any atom is -1.00 e. The van der Waals surface area contributed by atoms with E-state index in [4.69, 9.17) is 4.74 Å². The first-order chi connectivity index (χ1) is 18.2. The molecule has 3 rings (SSSR count). The summed E-state index contributed by atoms with van der Waals surface area (Å²) in [6, 6.07) is 12.1. The van der Waals surface area contributed by atoms with E-state index in [9.17, 15) is 9.18 Å². The number of para-hydroxylation sites is 1. The zero-order chi connectivity index (χ0) is 26.1. The molecule has 7 heteroatoms. The number of nitrogens with zero attached hydrogens (tertiary/aromatic N) is 1. The lowest BCUT2D eigenvalue weighted by Crippen LogP contribution is -3.00. The highest BCUT2D eigenvalue weighted by molar-refractivity contribution is 7.07. The lowest BCUT2D eigenvalue weighted by Gasteiger charge is -2.13. The summed E-state index contributed by atoms with van der Waals surface area (Å²) in [6.07, 6.45) is 17.2. The quantitative estimate of drug-likeness (QED) is 0.153. The van der Waals surface area contributed by atoms with Crippen LogP contribution in [0.15, 0.2) is 59.6 Å². The standard InChI is InChI=1S/C31H41FN2O2S.BrH/c1-2-3-4-5-6-7-8-9-10-11-12-13-21-36-30-28(32)18-15-19-29(30)33-31(35)27-17-14-16-26(23-27)24-34-20-22-37-25-34;/h14-20,22-23,25H,2-13,21,24H2,1H3;1H. The predicted octanol–water partition coefficient (Wildman–Crippen LogP) is 5.56. The Kier molecular flexibility index (Phi) is 15.9. The smallest absolute Gasteiger partial charge is 0.255 e. The van der Waals surface area contributed by atoms with E-state index < -0.39 is 5.82 Å². The molecular formula is C31H42BrFN2O2S. The van der Waals surface area contributed by atoms with Gasteiger partial charge < -0.3 is 27.0 Å². The summed E-state index contributed by atoms with van der Waals surface area (Å²) in [5.74, 6) is -0.624. The number of hydrogen-bond acceptors (Lipinski definition) is 3. The van der Waals surface area contributed by atoms with Crippen LogP contribution >= 0.6 is 11.3 Å². The summed E-state index contributed by atoms with van der Waals surface area (Å²) in [6.45, 7) is 3.39. The number of benzene rings is 2. The lowest BCUT2D eigenvalue weighted by atomic mass is 10.1. The van der Waals surface area contributed by atoms with Crippen molar-refractivity contribution in [2.45, 2.75) is 90.5 Å². The Bertz CT molecular complexity index is 1060. The highest BCUT2D eigenvalue weighted by atomic mass is 79.9. The number of carbonyl (C=O) groups is 1. The molecule has 1 heterocycles. The van der Waals surface area contributed by atoms with Crippen molar-refractivity contribution in [1.82, 2.24) is 0 Å². The lowest BCUT2D eigenvalue weighted by molar-refractivity contribution is -0.683. The number of aromatic nitrogens is 1. The van der Waals surface area contributed by atoms with E-state index >= 15 is 0 Å². The summed E-state index contributed by atoms with van der Waals surface area (Å²) < 4.78 is 22.4. The Morgan fingerprint density at radius 1 is 0.921 bits per heavy atom. The van der Waals surface area contributed by atoms with Crippen molar-refractivity contribution in [3.8, 4) is 5.75 Å². The molecule has 0 saturated heterocycles. The Hall–Kier alpha value is -2.25. The molecule has 0 aliphatic rings. The van der Waals surface area contributed by atoms with Gasteiger partial charge in [0, 0.05) is 11.1 Å². The molecule has 1 amide bonds. The van der Waals surface area contributed by atoms with E-state index in [2.05, 4.69) is 16.8 Å². The van der Waals surface area contributed by atoms with Crippen molar-refractivity contribution < 1.29 is 35.5 Å². The maximum Gasteiger partial charge on any atom is 0.255 e. The van der Waals surface area contributed by atoms with Crippen molar-refractivity contribution in [2.75, 3.05) is 11.9 Å². The third-order valence-electron chi connectivity index (χ3n) is 6.54. The van der Waals surface area contributed by atoms with Gasteiger partial charge in [0.05, 0.1) is 17.7 Å². The van der Waals surface area contributed by atoms with Crippen LogP contribution in [-0.2, 0) is 6.54 Å². The number of rotatable bonds is 18. The van der Waals surface area contributed by atoms with Crippen LogP contribution in [0.25, 0.3) is 0 Å². The fourth-order valence-corrected chi connectivity index (χ4v) is 5.04. The molecule has 0 unspecified atom stereocenters. The van der Waals surface area contributed by atoms with Gasteiger partial charge in [-0.05, 0) is 30.7 Å². The van der Waals surface area contributed by atoms with Gasteiger partial charge >= 0.3 is 0 Å². The summed E-state index contributed by atoms with van der Waals surface area (Å²) in [7, 11) is 0. The summed E-state index contributed by atoms with van der Waals surface area (Å²) in [5.41, 5.74) is 3.95. The Balaban J connectivity index is 0.00000507. The Morgan fingerprint density at radius 2 is 1.58 bits per heavy atom. The molecule has 4 nitrogen and oxygen atoms in total. The van der Waals surface area contributed by atoms with E-state index in [1.54, 1.807) is 29.5 Å². The second-order valence-electron chi connectivity index (χ2n) is 9.71. The van der Waals surface area contributed by atoms with Gasteiger partial charge in [-0.1, -0.05) is 107 Å². The molecule has 0 fully saturated rings. The van der Waals surface area contributed by atoms with Crippen molar-refractivity contribution in [3.63, 3.8) is 0 Å². The van der Waals surface area contributed by atoms with E-state index in [0.717, 1.165) is 18.4 Å². The minimum absolute atomic E-state index is 0. The van der Waals surface area contributed by atoms with Crippen molar-refractivity contribution in [1.29, 1.82) is 0 Å². The van der Waals surface area contributed by atoms with Crippen molar-refractivity contribution in [3.05, 3.63) is 76.5 Å². The molecule has 0 saturated carbocycles. The zero-order valence-electron chi connectivity index (χ0n) is 22.6. The molecule has 1 N–H and O–H groups in total. The number of halogens is 2. The molecule has 0 aliphatic carbocycles. The zero-order valence-corrected chi connectivity index (χ0v) is 25.0. The molecule has 0 aliphatic heterocycles. The maximum absolute atomic E-state index is 14.5. The predicted molar refractivity (Wildman–Crippen MR) is 151 cm³/mol. The van der Waals surface area contributed by atoms with Crippen LogP contribution in [0.5, 0.6) is 5.75 Å². The first-order valence-corrected chi connectivity index (χ1v) is 14.8. The molecule has 0 spiro atoms. The molecule has 0 bridgehead atoms. The molecule has 0 atom stereocenters. The fourth-order valence-electron chi connectivity index (χ4n) is 4.44. The van der Waals surface area contributed by atoms with Crippen LogP contribution in [0.2, 0.25) is 0 Å². The monoisotopic (exact) mass is 604 g/mol. The third kappa shape index (κ3) is 11.6. The average molecular weight is 606 g/mol. The van der Waals surface area contributed by atoms with E-state index in [0.29, 0.717) is 24.4 Å². The highest BCUT2D eigenvalue weighted by Gasteiger charge is 2.15. The number of anilines is 1. The van der Waals surface area contributed by atoms with E-state index in [-0.39, 0.29) is 28.6 Å². The van der Waals surface area contributed by atoms with E-state index in [1.165, 1.54) is 70.3 Å². The fraction of sp³-hybridized carbons (Fsp3) is 0.484. The van der Waals surface area contributed by atoms with Crippen LogP contribution in [0.3, 0.4) is 0 Å². The summed E-state index contributed by atoms with van der Waals surface area (Å²) in [4.78, 5) is 12.9. The SMILES string of the molecule is CCCCCCCCCCCCCCOc1c(F)cccc1NC(=O)c1cccc(C[n+]2ccsc2)c1.[Br-]. The summed E-state index contributed by atoms with van der Waals surface area (Å²) >= 11 is 1.63. The van der Waals surface area contributed by atoms with Gasteiger partial charge in [-0.25, -0.2) is 4.39 Å². The number of amides is 1. The summed E-state index contributed by atoms with van der Waals surface area (Å²) in [5, 5.41) is 4.85. The van der Waals surface area contributed by atoms with Crippen LogP contribution in [0.4, 0.5) is 10.1 Å². The Morgan fingerprint density at radius 3 is 2.24 bits per heavy atom.